The first-order valence-electron chi connectivity index (χ1n) is 11.7. The molecule has 3 fully saturated rings. The summed E-state index contributed by atoms with van der Waals surface area (Å²) in [5, 5.41) is 22.9. The maximum Gasteiger partial charge on any atom is 0.238 e. The molecule has 4 N–H and O–H groups in total. The molecule has 0 aromatic rings. The largest absolute Gasteiger partial charge is 0.388 e. The van der Waals surface area contributed by atoms with E-state index in [1.165, 1.54) is 0 Å². The molecule has 2 amide bonds. The van der Waals surface area contributed by atoms with Gasteiger partial charge in [0.15, 0.2) is 0 Å². The van der Waals surface area contributed by atoms with E-state index in [0.717, 1.165) is 51.4 Å². The second-order valence-corrected chi connectivity index (χ2v) is 10.0. The average Bonchev–Trinajstić information content (AvgIpc) is 3.20. The number of carbonyl (C=O) groups is 2. The molecule has 0 bridgehead atoms. The fraction of sp³-hybridized carbons (Fsp3) is 0.913. The zero-order valence-electron chi connectivity index (χ0n) is 18.3. The lowest BCUT2D eigenvalue weighted by Crippen LogP contribution is -2.66. The molecule has 0 heterocycles. The van der Waals surface area contributed by atoms with Crippen molar-refractivity contribution in [1.29, 1.82) is 0 Å². The predicted octanol–water partition coefficient (Wildman–Crippen LogP) is 3.03. The van der Waals surface area contributed by atoms with Crippen LogP contribution < -0.4 is 5.73 Å². The number of amides is 2. The van der Waals surface area contributed by atoms with Gasteiger partial charge in [0.25, 0.3) is 0 Å². The van der Waals surface area contributed by atoms with Gasteiger partial charge in [-0.25, -0.2) is 0 Å². The van der Waals surface area contributed by atoms with Crippen LogP contribution in [0.3, 0.4) is 0 Å². The van der Waals surface area contributed by atoms with Gasteiger partial charge < -0.3 is 20.8 Å². The minimum Gasteiger partial charge on any atom is -0.388 e. The SMILES string of the molecule is CC(N(C(=O)C1(C(N)=O)CCCC1)C(C)C1(O)CCCCC1)C1(O)CCCCC1. The molecule has 6 heteroatoms. The van der Waals surface area contributed by atoms with Crippen molar-refractivity contribution < 1.29 is 19.8 Å². The molecule has 2 unspecified atom stereocenters. The number of carbonyl (C=O) groups excluding carboxylic acids is 2. The normalized spacial score (nSPS) is 27.7. The van der Waals surface area contributed by atoms with Crippen LogP contribution in [0.25, 0.3) is 0 Å². The van der Waals surface area contributed by atoms with E-state index in [4.69, 9.17) is 5.73 Å². The standard InChI is InChI=1S/C23H40N2O4/c1-17(22(28)13-5-3-6-14-22)25(18(2)23(29)15-7-4-8-16-23)20(27)21(19(24)26)11-9-10-12-21/h17-18,28-29H,3-16H2,1-2H3,(H2,24,26). The Labute approximate surface area is 175 Å². The highest BCUT2D eigenvalue weighted by Crippen LogP contribution is 2.44. The molecule has 0 spiro atoms. The van der Waals surface area contributed by atoms with Crippen molar-refractivity contribution in [2.24, 2.45) is 11.1 Å². The summed E-state index contributed by atoms with van der Waals surface area (Å²) in [6.07, 6.45) is 11.0. The number of rotatable bonds is 6. The van der Waals surface area contributed by atoms with Crippen LogP contribution >= 0.6 is 0 Å². The van der Waals surface area contributed by atoms with Gasteiger partial charge in [0.2, 0.25) is 11.8 Å². The minimum absolute atomic E-state index is 0.277. The van der Waals surface area contributed by atoms with Crippen molar-refractivity contribution in [3.8, 4) is 0 Å². The third-order valence-corrected chi connectivity index (χ3v) is 8.40. The molecule has 3 saturated carbocycles. The second-order valence-electron chi connectivity index (χ2n) is 10.0. The Hall–Kier alpha value is -1.14. The second kappa shape index (κ2) is 8.54. The molecule has 0 aromatic carbocycles. The Balaban J connectivity index is 1.98. The van der Waals surface area contributed by atoms with E-state index in [9.17, 15) is 19.8 Å². The van der Waals surface area contributed by atoms with Crippen molar-refractivity contribution in [2.45, 2.75) is 127 Å². The van der Waals surface area contributed by atoms with E-state index in [0.29, 0.717) is 38.5 Å². The molecule has 29 heavy (non-hydrogen) atoms. The third-order valence-electron chi connectivity index (χ3n) is 8.40. The first kappa shape index (κ1) is 22.5. The van der Waals surface area contributed by atoms with E-state index < -0.39 is 34.6 Å². The van der Waals surface area contributed by atoms with Crippen molar-refractivity contribution >= 4 is 11.8 Å². The number of nitrogens with two attached hydrogens (primary N) is 1. The zero-order chi connectivity index (χ0) is 21.3. The summed E-state index contributed by atoms with van der Waals surface area (Å²) in [6.45, 7) is 3.80. The topological polar surface area (TPSA) is 104 Å². The lowest BCUT2D eigenvalue weighted by molar-refractivity contribution is -0.172. The molecule has 2 atom stereocenters. The Morgan fingerprint density at radius 1 is 0.724 bits per heavy atom. The molecule has 0 radical (unpaired) electrons. The molecule has 166 valence electrons. The number of aliphatic hydroxyl groups is 2. The molecule has 0 saturated heterocycles. The van der Waals surface area contributed by atoms with Gasteiger partial charge in [-0.2, -0.15) is 0 Å². The summed E-state index contributed by atoms with van der Waals surface area (Å²) in [7, 11) is 0. The van der Waals surface area contributed by atoms with Crippen molar-refractivity contribution in [2.75, 3.05) is 0 Å². The summed E-state index contributed by atoms with van der Waals surface area (Å²) < 4.78 is 0. The number of hydrogen-bond donors (Lipinski definition) is 3. The fourth-order valence-corrected chi connectivity index (χ4v) is 6.16. The number of primary amides is 1. The highest BCUT2D eigenvalue weighted by atomic mass is 16.3. The van der Waals surface area contributed by atoms with Crippen LogP contribution in [0.1, 0.15) is 104 Å². The predicted molar refractivity (Wildman–Crippen MR) is 112 cm³/mol. The first-order valence-corrected chi connectivity index (χ1v) is 11.7. The van der Waals surface area contributed by atoms with E-state index in [1.54, 1.807) is 4.90 Å². The van der Waals surface area contributed by atoms with Crippen LogP contribution in [0.2, 0.25) is 0 Å². The van der Waals surface area contributed by atoms with Crippen LogP contribution in [-0.4, -0.2) is 50.2 Å². The fourth-order valence-electron chi connectivity index (χ4n) is 6.16. The maximum atomic E-state index is 14.0. The van der Waals surface area contributed by atoms with E-state index >= 15 is 0 Å². The Kier molecular flexibility index (Phi) is 6.64. The summed E-state index contributed by atoms with van der Waals surface area (Å²) in [5.41, 5.74) is 2.62. The number of hydrogen-bond acceptors (Lipinski definition) is 4. The third kappa shape index (κ3) is 4.07. The van der Waals surface area contributed by atoms with Gasteiger partial charge in [-0.15, -0.1) is 0 Å². The van der Waals surface area contributed by atoms with Crippen LogP contribution in [0.4, 0.5) is 0 Å². The maximum absolute atomic E-state index is 14.0. The minimum atomic E-state index is -1.20. The molecule has 3 rings (SSSR count). The van der Waals surface area contributed by atoms with Crippen molar-refractivity contribution in [3.05, 3.63) is 0 Å². The quantitative estimate of drug-likeness (QED) is 0.588. The van der Waals surface area contributed by atoms with Gasteiger partial charge in [0.05, 0.1) is 23.3 Å². The van der Waals surface area contributed by atoms with E-state index in [1.807, 2.05) is 13.8 Å². The molecule has 0 aliphatic heterocycles. The lowest BCUT2D eigenvalue weighted by atomic mass is 9.74. The van der Waals surface area contributed by atoms with Crippen LogP contribution in [0.5, 0.6) is 0 Å². The molecule has 0 aromatic heterocycles. The van der Waals surface area contributed by atoms with E-state index in [-0.39, 0.29) is 5.91 Å². The molecule has 6 nitrogen and oxygen atoms in total. The van der Waals surface area contributed by atoms with Crippen molar-refractivity contribution in [3.63, 3.8) is 0 Å². The van der Waals surface area contributed by atoms with E-state index in [2.05, 4.69) is 0 Å². The Bertz CT molecular complexity index is 572. The van der Waals surface area contributed by atoms with Crippen molar-refractivity contribution in [1.82, 2.24) is 4.90 Å². The number of nitrogens with zero attached hydrogens (tertiary/aromatic N) is 1. The van der Waals surface area contributed by atoms with Crippen LogP contribution in [0.15, 0.2) is 0 Å². The molecule has 3 aliphatic rings. The van der Waals surface area contributed by atoms with Gasteiger partial charge in [-0.05, 0) is 52.4 Å². The smallest absolute Gasteiger partial charge is 0.238 e. The summed E-state index contributed by atoms with van der Waals surface area (Å²) in [4.78, 5) is 28.1. The zero-order valence-corrected chi connectivity index (χ0v) is 18.3. The average molecular weight is 409 g/mol. The monoisotopic (exact) mass is 408 g/mol. The molecule has 3 aliphatic carbocycles. The summed E-state index contributed by atoms with van der Waals surface area (Å²) in [6, 6.07) is -0.929. The van der Waals surface area contributed by atoms with Gasteiger partial charge in [0, 0.05) is 0 Å². The first-order chi connectivity index (χ1) is 13.7. The Morgan fingerprint density at radius 3 is 1.41 bits per heavy atom. The summed E-state index contributed by atoms with van der Waals surface area (Å²) in [5.74, 6) is -0.837. The lowest BCUT2D eigenvalue weighted by Gasteiger charge is -2.52. The highest BCUT2D eigenvalue weighted by molar-refractivity contribution is 6.05. The van der Waals surface area contributed by atoms with Gasteiger partial charge >= 0.3 is 0 Å². The summed E-state index contributed by atoms with van der Waals surface area (Å²) >= 11 is 0. The van der Waals surface area contributed by atoms with Crippen LogP contribution in [-0.2, 0) is 9.59 Å². The van der Waals surface area contributed by atoms with Gasteiger partial charge in [-0.3, -0.25) is 9.59 Å². The highest BCUT2D eigenvalue weighted by Gasteiger charge is 2.55. The Morgan fingerprint density at radius 2 is 1.07 bits per heavy atom. The molecular weight excluding hydrogens is 368 g/mol. The van der Waals surface area contributed by atoms with Crippen LogP contribution in [0, 0.1) is 5.41 Å². The van der Waals surface area contributed by atoms with Gasteiger partial charge in [-0.1, -0.05) is 51.4 Å². The molecular formula is C23H40N2O4. The van der Waals surface area contributed by atoms with Gasteiger partial charge in [0.1, 0.15) is 5.41 Å².